The van der Waals surface area contributed by atoms with E-state index in [1.165, 1.54) is 4.31 Å². The molecular weight excluding hydrogens is 368 g/mol. The first-order valence-electron chi connectivity index (χ1n) is 7.56. The molecular formula is C15H23BrN2O3S. The van der Waals surface area contributed by atoms with E-state index in [-0.39, 0.29) is 0 Å². The molecule has 1 aromatic rings. The van der Waals surface area contributed by atoms with Gasteiger partial charge in [0.05, 0.1) is 10.5 Å². The number of hydrogen-bond donors (Lipinski definition) is 2. The first-order valence-corrected chi connectivity index (χ1v) is 9.79. The highest BCUT2D eigenvalue weighted by atomic mass is 79.9. The molecule has 0 saturated carbocycles. The molecule has 124 valence electrons. The number of nitrogens with one attached hydrogen (secondary N) is 1. The highest BCUT2D eigenvalue weighted by Gasteiger charge is 2.36. The van der Waals surface area contributed by atoms with E-state index in [1.807, 2.05) is 0 Å². The van der Waals surface area contributed by atoms with E-state index in [9.17, 15) is 13.5 Å². The number of piperidine rings is 1. The van der Waals surface area contributed by atoms with Crippen molar-refractivity contribution in [2.45, 2.75) is 36.7 Å². The third-order valence-electron chi connectivity index (χ3n) is 3.99. The Balaban J connectivity index is 2.00. The molecule has 1 saturated heterocycles. The van der Waals surface area contributed by atoms with Gasteiger partial charge in [-0.15, -0.1) is 0 Å². The summed E-state index contributed by atoms with van der Waals surface area (Å²) >= 11 is 3.30. The fraction of sp³-hybridized carbons (Fsp3) is 0.600. The summed E-state index contributed by atoms with van der Waals surface area (Å²) in [5.41, 5.74) is -0.805. The average molecular weight is 391 g/mol. The van der Waals surface area contributed by atoms with Crippen LogP contribution in [0.3, 0.4) is 0 Å². The number of benzene rings is 1. The van der Waals surface area contributed by atoms with Gasteiger partial charge in [0.15, 0.2) is 0 Å². The summed E-state index contributed by atoms with van der Waals surface area (Å²) in [5.74, 6) is 0. The maximum atomic E-state index is 12.6. The number of aliphatic hydroxyl groups is 1. The van der Waals surface area contributed by atoms with Gasteiger partial charge in [0, 0.05) is 24.1 Å². The van der Waals surface area contributed by atoms with Gasteiger partial charge in [-0.1, -0.05) is 22.9 Å². The van der Waals surface area contributed by atoms with E-state index in [0.717, 1.165) is 17.4 Å². The van der Waals surface area contributed by atoms with Crippen LogP contribution in [-0.2, 0) is 10.0 Å². The molecule has 0 spiro atoms. The third-order valence-corrected chi connectivity index (χ3v) is 6.43. The number of rotatable bonds is 6. The van der Waals surface area contributed by atoms with Crippen LogP contribution in [-0.4, -0.2) is 49.6 Å². The minimum Gasteiger partial charge on any atom is -0.388 e. The van der Waals surface area contributed by atoms with Crippen molar-refractivity contribution in [2.75, 3.05) is 26.2 Å². The molecule has 1 fully saturated rings. The molecule has 0 aromatic heterocycles. The lowest BCUT2D eigenvalue weighted by molar-refractivity contribution is -0.00366. The van der Waals surface area contributed by atoms with Crippen molar-refractivity contribution in [3.8, 4) is 0 Å². The number of halogens is 1. The van der Waals surface area contributed by atoms with Crippen molar-refractivity contribution in [1.29, 1.82) is 0 Å². The lowest BCUT2D eigenvalue weighted by Crippen LogP contribution is -2.51. The highest BCUT2D eigenvalue weighted by molar-refractivity contribution is 9.10. The molecule has 0 radical (unpaired) electrons. The van der Waals surface area contributed by atoms with Crippen molar-refractivity contribution < 1.29 is 13.5 Å². The van der Waals surface area contributed by atoms with Gasteiger partial charge in [-0.25, -0.2) is 8.42 Å². The van der Waals surface area contributed by atoms with Crippen LogP contribution < -0.4 is 5.32 Å². The molecule has 0 unspecified atom stereocenters. The van der Waals surface area contributed by atoms with Crippen LogP contribution in [0.1, 0.15) is 26.2 Å². The predicted molar refractivity (Wildman–Crippen MR) is 90.2 cm³/mol. The zero-order valence-corrected chi connectivity index (χ0v) is 15.2. The van der Waals surface area contributed by atoms with Gasteiger partial charge in [-0.05, 0) is 50.1 Å². The fourth-order valence-electron chi connectivity index (χ4n) is 2.57. The molecule has 0 atom stereocenters. The van der Waals surface area contributed by atoms with Crippen LogP contribution in [0, 0.1) is 0 Å². The SMILES string of the molecule is CCCNCC1(O)CCN(S(=O)(=O)c2ccc(Br)cc2)CC1. The highest BCUT2D eigenvalue weighted by Crippen LogP contribution is 2.27. The van der Waals surface area contributed by atoms with E-state index in [1.54, 1.807) is 24.3 Å². The molecule has 1 aliphatic heterocycles. The second kappa shape index (κ2) is 7.40. The Hall–Kier alpha value is -0.470. The Kier molecular flexibility index (Phi) is 6.01. The third kappa shape index (κ3) is 4.29. The first-order chi connectivity index (χ1) is 10.4. The van der Waals surface area contributed by atoms with Gasteiger partial charge in [0.2, 0.25) is 10.0 Å². The Labute approximate surface area is 140 Å². The van der Waals surface area contributed by atoms with E-state index < -0.39 is 15.6 Å². The van der Waals surface area contributed by atoms with Gasteiger partial charge < -0.3 is 10.4 Å². The molecule has 22 heavy (non-hydrogen) atoms. The molecule has 0 amide bonds. The smallest absolute Gasteiger partial charge is 0.243 e. The van der Waals surface area contributed by atoms with Gasteiger partial charge in [0.25, 0.3) is 0 Å². The largest absolute Gasteiger partial charge is 0.388 e. The summed E-state index contributed by atoms with van der Waals surface area (Å²) < 4.78 is 27.5. The second-order valence-electron chi connectivity index (χ2n) is 5.76. The topological polar surface area (TPSA) is 69.6 Å². The fourth-order valence-corrected chi connectivity index (χ4v) is 4.28. The van der Waals surface area contributed by atoms with Gasteiger partial charge in [-0.3, -0.25) is 0 Å². The molecule has 1 aliphatic rings. The van der Waals surface area contributed by atoms with Crippen LogP contribution in [0.25, 0.3) is 0 Å². The summed E-state index contributed by atoms with van der Waals surface area (Å²) in [6, 6.07) is 6.65. The number of nitrogens with zero attached hydrogens (tertiary/aromatic N) is 1. The molecule has 1 heterocycles. The second-order valence-corrected chi connectivity index (χ2v) is 8.61. The quantitative estimate of drug-likeness (QED) is 0.728. The monoisotopic (exact) mass is 390 g/mol. The van der Waals surface area contributed by atoms with Crippen LogP contribution in [0.15, 0.2) is 33.6 Å². The van der Waals surface area contributed by atoms with Gasteiger partial charge in [-0.2, -0.15) is 4.31 Å². The first kappa shape index (κ1) is 17.9. The molecule has 2 rings (SSSR count). The van der Waals surface area contributed by atoms with Gasteiger partial charge in [0.1, 0.15) is 0 Å². The van der Waals surface area contributed by atoms with Crippen LogP contribution in [0.4, 0.5) is 0 Å². The summed E-state index contributed by atoms with van der Waals surface area (Å²) in [4.78, 5) is 0.297. The van der Waals surface area contributed by atoms with Crippen molar-refractivity contribution in [1.82, 2.24) is 9.62 Å². The lowest BCUT2D eigenvalue weighted by Gasteiger charge is -2.37. The van der Waals surface area contributed by atoms with Crippen molar-refractivity contribution in [2.24, 2.45) is 0 Å². The summed E-state index contributed by atoms with van der Waals surface area (Å²) in [6.45, 7) is 4.16. The van der Waals surface area contributed by atoms with E-state index in [4.69, 9.17) is 0 Å². The normalized spacial score (nSPS) is 19.2. The predicted octanol–water partition coefficient (Wildman–Crippen LogP) is 1.96. The Bertz CT molecular complexity index is 581. The molecule has 5 nitrogen and oxygen atoms in total. The summed E-state index contributed by atoms with van der Waals surface area (Å²) in [5, 5.41) is 13.7. The molecule has 2 N–H and O–H groups in total. The molecule has 7 heteroatoms. The minimum atomic E-state index is -3.47. The molecule has 0 bridgehead atoms. The van der Waals surface area contributed by atoms with Crippen molar-refractivity contribution in [3.05, 3.63) is 28.7 Å². The average Bonchev–Trinajstić information content (AvgIpc) is 2.48. The van der Waals surface area contributed by atoms with E-state index in [0.29, 0.717) is 37.4 Å². The van der Waals surface area contributed by atoms with Crippen molar-refractivity contribution >= 4 is 26.0 Å². The lowest BCUT2D eigenvalue weighted by atomic mass is 9.92. The maximum absolute atomic E-state index is 12.6. The Morgan fingerprint density at radius 3 is 2.41 bits per heavy atom. The maximum Gasteiger partial charge on any atom is 0.243 e. The Morgan fingerprint density at radius 1 is 1.27 bits per heavy atom. The van der Waals surface area contributed by atoms with E-state index in [2.05, 4.69) is 28.2 Å². The number of sulfonamides is 1. The summed E-state index contributed by atoms with van der Waals surface area (Å²) in [7, 11) is -3.47. The van der Waals surface area contributed by atoms with Crippen LogP contribution in [0.5, 0.6) is 0 Å². The van der Waals surface area contributed by atoms with E-state index >= 15 is 0 Å². The zero-order chi connectivity index (χ0) is 16.2. The van der Waals surface area contributed by atoms with Crippen LogP contribution >= 0.6 is 15.9 Å². The summed E-state index contributed by atoms with van der Waals surface area (Å²) in [6.07, 6.45) is 1.93. The molecule has 0 aliphatic carbocycles. The van der Waals surface area contributed by atoms with Crippen LogP contribution in [0.2, 0.25) is 0 Å². The standard InChI is InChI=1S/C15H23BrN2O3S/c1-2-9-17-12-15(19)7-10-18(11-8-15)22(20,21)14-5-3-13(16)4-6-14/h3-6,17,19H,2,7-12H2,1H3. The minimum absolute atomic E-state index is 0.297. The number of hydrogen-bond acceptors (Lipinski definition) is 4. The Morgan fingerprint density at radius 2 is 1.86 bits per heavy atom. The van der Waals surface area contributed by atoms with Crippen molar-refractivity contribution in [3.63, 3.8) is 0 Å². The van der Waals surface area contributed by atoms with Gasteiger partial charge >= 0.3 is 0 Å². The molecule has 1 aromatic carbocycles. The zero-order valence-electron chi connectivity index (χ0n) is 12.8.